The van der Waals surface area contributed by atoms with Crippen LogP contribution in [0, 0.1) is 11.3 Å². The predicted molar refractivity (Wildman–Crippen MR) is 102 cm³/mol. The number of hydrogen-bond donors (Lipinski definition) is 0. The van der Waals surface area contributed by atoms with Crippen molar-refractivity contribution >= 4 is 17.4 Å². The van der Waals surface area contributed by atoms with Crippen molar-refractivity contribution < 1.29 is 14.3 Å². The number of nitriles is 1. The molecule has 1 aliphatic heterocycles. The molecule has 2 aromatic heterocycles. The number of benzene rings is 1. The number of nitrogens with zero attached hydrogens (tertiary/aromatic N) is 3. The van der Waals surface area contributed by atoms with Crippen LogP contribution in [0.15, 0.2) is 54.9 Å². The monoisotopic (exact) mass is 373 g/mol. The maximum Gasteiger partial charge on any atom is 0.338 e. The van der Waals surface area contributed by atoms with Gasteiger partial charge in [0.1, 0.15) is 12.7 Å². The van der Waals surface area contributed by atoms with Crippen molar-refractivity contribution in [3.8, 4) is 6.07 Å². The van der Waals surface area contributed by atoms with Gasteiger partial charge in [-0.05, 0) is 36.2 Å². The van der Waals surface area contributed by atoms with Gasteiger partial charge >= 0.3 is 5.97 Å². The Morgan fingerprint density at radius 3 is 2.71 bits per heavy atom. The van der Waals surface area contributed by atoms with Gasteiger partial charge in [0.2, 0.25) is 5.91 Å². The molecule has 1 saturated heterocycles. The number of hydrogen-bond acceptors (Lipinski definition) is 4. The first-order chi connectivity index (χ1) is 13.7. The second-order valence-electron chi connectivity index (χ2n) is 6.83. The summed E-state index contributed by atoms with van der Waals surface area (Å²) in [5.41, 5.74) is 3.40. The summed E-state index contributed by atoms with van der Waals surface area (Å²) in [6, 6.07) is 14.9. The summed E-state index contributed by atoms with van der Waals surface area (Å²) in [5, 5.41) is 9.42. The topological polar surface area (TPSA) is 74.8 Å². The van der Waals surface area contributed by atoms with Crippen molar-refractivity contribution in [1.29, 1.82) is 5.26 Å². The number of esters is 1. The van der Waals surface area contributed by atoms with E-state index in [4.69, 9.17) is 4.74 Å². The van der Waals surface area contributed by atoms with Crippen LogP contribution >= 0.6 is 0 Å². The van der Waals surface area contributed by atoms with Gasteiger partial charge in [0.05, 0.1) is 16.6 Å². The van der Waals surface area contributed by atoms with Gasteiger partial charge in [-0.1, -0.05) is 18.2 Å². The molecule has 0 atom stereocenters. The lowest BCUT2D eigenvalue weighted by Crippen LogP contribution is -2.23. The summed E-state index contributed by atoms with van der Waals surface area (Å²) in [5.74, 6) is -0.264. The zero-order valence-electron chi connectivity index (χ0n) is 15.3. The highest BCUT2D eigenvalue weighted by Gasteiger charge is 2.20. The summed E-state index contributed by atoms with van der Waals surface area (Å²) < 4.78 is 7.25. The maximum atomic E-state index is 12.4. The van der Waals surface area contributed by atoms with Gasteiger partial charge in [0, 0.05) is 37.5 Å². The van der Waals surface area contributed by atoms with E-state index >= 15 is 0 Å². The molecule has 3 heterocycles. The predicted octanol–water partition coefficient (Wildman–Crippen LogP) is 3.29. The standard InChI is InChI=1S/C22H19N3O3/c23-12-19-18(14-24-10-2-1-4-20(19)24)15-28-22(27)17-8-6-16(7-9-17)13-25-11-3-5-21(25)26/h1-2,4,6-10,14H,3,5,11,13,15H2. The molecule has 0 radical (unpaired) electrons. The quantitative estimate of drug-likeness (QED) is 0.643. The molecule has 0 saturated carbocycles. The Labute approximate surface area is 162 Å². The zero-order valence-corrected chi connectivity index (χ0v) is 15.3. The first kappa shape index (κ1) is 17.8. The van der Waals surface area contributed by atoms with Crippen molar-refractivity contribution in [3.05, 3.63) is 77.1 Å². The molecule has 0 spiro atoms. The number of rotatable bonds is 5. The number of amides is 1. The number of carbonyl (C=O) groups is 2. The van der Waals surface area contributed by atoms with Crippen molar-refractivity contribution in [2.75, 3.05) is 6.54 Å². The third-order valence-corrected chi connectivity index (χ3v) is 4.97. The van der Waals surface area contributed by atoms with E-state index in [0.717, 1.165) is 24.0 Å². The number of pyridine rings is 1. The van der Waals surface area contributed by atoms with Gasteiger partial charge < -0.3 is 14.0 Å². The second kappa shape index (κ2) is 7.57. The molecule has 1 amide bonds. The molecule has 0 N–H and O–H groups in total. The van der Waals surface area contributed by atoms with E-state index in [1.54, 1.807) is 18.3 Å². The van der Waals surface area contributed by atoms with E-state index in [0.29, 0.717) is 29.7 Å². The number of aromatic nitrogens is 1. The Morgan fingerprint density at radius 1 is 1.18 bits per heavy atom. The van der Waals surface area contributed by atoms with Crippen molar-refractivity contribution in [2.45, 2.75) is 26.0 Å². The summed E-state index contributed by atoms with van der Waals surface area (Å²) in [7, 11) is 0. The van der Waals surface area contributed by atoms with Crippen molar-refractivity contribution in [2.24, 2.45) is 0 Å². The fourth-order valence-corrected chi connectivity index (χ4v) is 3.48. The van der Waals surface area contributed by atoms with Crippen LogP contribution in [-0.4, -0.2) is 27.7 Å². The van der Waals surface area contributed by atoms with E-state index in [-0.39, 0.29) is 12.5 Å². The maximum absolute atomic E-state index is 12.4. The summed E-state index contributed by atoms with van der Waals surface area (Å²) in [6.45, 7) is 1.39. The highest BCUT2D eigenvalue weighted by Crippen LogP contribution is 2.19. The minimum absolute atomic E-state index is 0.0352. The van der Waals surface area contributed by atoms with E-state index in [1.165, 1.54) is 0 Å². The smallest absolute Gasteiger partial charge is 0.338 e. The lowest BCUT2D eigenvalue weighted by Gasteiger charge is -2.15. The third-order valence-electron chi connectivity index (χ3n) is 4.97. The molecule has 1 aliphatic rings. The molecule has 3 aromatic rings. The Hall–Kier alpha value is -3.59. The van der Waals surface area contributed by atoms with E-state index in [2.05, 4.69) is 6.07 Å². The molecule has 0 aliphatic carbocycles. The average molecular weight is 373 g/mol. The normalized spacial score (nSPS) is 13.7. The molecular formula is C22H19N3O3. The SMILES string of the molecule is N#Cc1c(COC(=O)c2ccc(CN3CCCC3=O)cc2)cn2ccccc12. The molecule has 6 heteroatoms. The van der Waals surface area contributed by atoms with E-state index < -0.39 is 5.97 Å². The molecule has 0 bridgehead atoms. The first-order valence-electron chi connectivity index (χ1n) is 9.18. The van der Waals surface area contributed by atoms with E-state index in [1.807, 2.05) is 45.8 Å². The van der Waals surface area contributed by atoms with Gasteiger partial charge in [0.25, 0.3) is 0 Å². The second-order valence-corrected chi connectivity index (χ2v) is 6.83. The molecular weight excluding hydrogens is 354 g/mol. The number of fused-ring (bicyclic) bond motifs is 1. The number of carbonyl (C=O) groups excluding carboxylic acids is 2. The van der Waals surface area contributed by atoms with E-state index in [9.17, 15) is 14.9 Å². The minimum atomic E-state index is -0.442. The van der Waals surface area contributed by atoms with Crippen LogP contribution in [0.1, 0.15) is 39.9 Å². The van der Waals surface area contributed by atoms with Crippen molar-refractivity contribution in [3.63, 3.8) is 0 Å². The Kier molecular flexibility index (Phi) is 4.81. The lowest BCUT2D eigenvalue weighted by atomic mass is 10.1. The van der Waals surface area contributed by atoms with Crippen LogP contribution in [0.2, 0.25) is 0 Å². The summed E-state index contributed by atoms with van der Waals surface area (Å²) in [6.07, 6.45) is 5.18. The molecule has 1 aromatic carbocycles. The number of likely N-dealkylation sites (tertiary alicyclic amines) is 1. The van der Waals surface area contributed by atoms with Gasteiger partial charge in [-0.25, -0.2) is 4.79 Å². The van der Waals surface area contributed by atoms with Crippen LogP contribution in [0.3, 0.4) is 0 Å². The molecule has 140 valence electrons. The summed E-state index contributed by atoms with van der Waals surface area (Å²) >= 11 is 0. The highest BCUT2D eigenvalue weighted by molar-refractivity contribution is 5.89. The lowest BCUT2D eigenvalue weighted by molar-refractivity contribution is -0.128. The molecule has 0 unspecified atom stereocenters. The zero-order chi connectivity index (χ0) is 19.5. The minimum Gasteiger partial charge on any atom is -0.457 e. The van der Waals surface area contributed by atoms with Crippen LogP contribution in [0.4, 0.5) is 0 Å². The first-order valence-corrected chi connectivity index (χ1v) is 9.18. The van der Waals surface area contributed by atoms with Crippen LogP contribution in [0.5, 0.6) is 0 Å². The van der Waals surface area contributed by atoms with Crippen LogP contribution in [0.25, 0.3) is 5.52 Å². The largest absolute Gasteiger partial charge is 0.457 e. The van der Waals surface area contributed by atoms with Gasteiger partial charge in [-0.2, -0.15) is 5.26 Å². The molecule has 28 heavy (non-hydrogen) atoms. The molecule has 4 rings (SSSR count). The van der Waals surface area contributed by atoms with Crippen LogP contribution in [-0.2, 0) is 22.7 Å². The molecule has 1 fully saturated rings. The Balaban J connectivity index is 1.41. The van der Waals surface area contributed by atoms with Crippen molar-refractivity contribution in [1.82, 2.24) is 9.30 Å². The van der Waals surface area contributed by atoms with Gasteiger partial charge in [0.15, 0.2) is 0 Å². The van der Waals surface area contributed by atoms with Gasteiger partial charge in [-0.3, -0.25) is 4.79 Å². The fourth-order valence-electron chi connectivity index (χ4n) is 3.48. The molecule has 6 nitrogen and oxygen atoms in total. The fraction of sp³-hybridized carbons (Fsp3) is 0.227. The number of ether oxygens (including phenoxy) is 1. The third kappa shape index (κ3) is 3.47. The highest BCUT2D eigenvalue weighted by atomic mass is 16.5. The van der Waals surface area contributed by atoms with Gasteiger partial charge in [-0.15, -0.1) is 0 Å². The van der Waals surface area contributed by atoms with Crippen LogP contribution < -0.4 is 0 Å². The Morgan fingerprint density at radius 2 is 2.00 bits per heavy atom. The average Bonchev–Trinajstić information content (AvgIpc) is 3.29. The Bertz CT molecular complexity index is 1080. The summed E-state index contributed by atoms with van der Waals surface area (Å²) in [4.78, 5) is 25.9.